The number of carbonyl (C=O) groups excluding carboxylic acids is 1. The third kappa shape index (κ3) is 3.72. The molecule has 82 valence electrons. The van der Waals surface area contributed by atoms with Crippen molar-refractivity contribution in [3.8, 4) is 0 Å². The fraction of sp³-hybridized carbons (Fsp3) is 0.364. The van der Waals surface area contributed by atoms with E-state index in [2.05, 4.69) is 15.9 Å². The highest BCUT2D eigenvalue weighted by atomic mass is 79.9. The van der Waals surface area contributed by atoms with Crippen molar-refractivity contribution in [3.05, 3.63) is 34.1 Å². The highest BCUT2D eigenvalue weighted by molar-refractivity contribution is 9.10. The van der Waals surface area contributed by atoms with E-state index in [9.17, 15) is 9.18 Å². The molecule has 1 aromatic rings. The third-order valence-electron chi connectivity index (χ3n) is 2.03. The van der Waals surface area contributed by atoms with Crippen LogP contribution in [0.4, 0.5) is 4.39 Å². The Labute approximate surface area is 96.2 Å². The van der Waals surface area contributed by atoms with Crippen LogP contribution in [0.15, 0.2) is 22.7 Å². The van der Waals surface area contributed by atoms with Crippen molar-refractivity contribution in [2.24, 2.45) is 0 Å². The maximum Gasteiger partial charge on any atom is 0.137 e. The van der Waals surface area contributed by atoms with Crippen LogP contribution in [0.5, 0.6) is 0 Å². The monoisotopic (exact) mass is 274 g/mol. The van der Waals surface area contributed by atoms with Crippen LogP contribution >= 0.6 is 15.9 Å². The summed E-state index contributed by atoms with van der Waals surface area (Å²) in [7, 11) is 0. The Morgan fingerprint density at radius 2 is 2.20 bits per heavy atom. The van der Waals surface area contributed by atoms with Crippen molar-refractivity contribution in [1.82, 2.24) is 0 Å². The number of ketones is 1. The van der Waals surface area contributed by atoms with Crippen LogP contribution in [0, 0.1) is 5.82 Å². The SMILES string of the molecule is O=C(CCCO)Cc1cccc(F)c1Br. The molecule has 1 N–H and O–H groups in total. The molecule has 15 heavy (non-hydrogen) atoms. The second kappa shape index (κ2) is 5.98. The Morgan fingerprint density at radius 1 is 1.47 bits per heavy atom. The third-order valence-corrected chi connectivity index (χ3v) is 2.92. The molecular formula is C11H12BrFO2. The lowest BCUT2D eigenvalue weighted by Gasteiger charge is -2.04. The molecule has 0 atom stereocenters. The van der Waals surface area contributed by atoms with Gasteiger partial charge in [0.05, 0.1) is 4.47 Å². The Bertz CT molecular complexity index is 352. The second-order valence-corrected chi connectivity index (χ2v) is 4.05. The van der Waals surface area contributed by atoms with Gasteiger partial charge in [-0.05, 0) is 34.0 Å². The molecule has 0 saturated heterocycles. The minimum Gasteiger partial charge on any atom is -0.396 e. The van der Waals surface area contributed by atoms with Gasteiger partial charge in [-0.2, -0.15) is 0 Å². The van der Waals surface area contributed by atoms with Gasteiger partial charge in [-0.25, -0.2) is 4.39 Å². The summed E-state index contributed by atoms with van der Waals surface area (Å²) in [5.41, 5.74) is 0.651. The summed E-state index contributed by atoms with van der Waals surface area (Å²) < 4.78 is 13.4. The lowest BCUT2D eigenvalue weighted by Crippen LogP contribution is -2.04. The van der Waals surface area contributed by atoms with Gasteiger partial charge < -0.3 is 5.11 Å². The van der Waals surface area contributed by atoms with E-state index < -0.39 is 0 Å². The molecule has 0 aliphatic heterocycles. The van der Waals surface area contributed by atoms with Crippen molar-refractivity contribution in [3.63, 3.8) is 0 Å². The van der Waals surface area contributed by atoms with Crippen molar-refractivity contribution < 1.29 is 14.3 Å². The molecule has 0 aromatic heterocycles. The van der Waals surface area contributed by atoms with Crippen LogP contribution < -0.4 is 0 Å². The molecule has 0 unspecified atom stereocenters. The minimum atomic E-state index is -0.359. The van der Waals surface area contributed by atoms with Crippen molar-refractivity contribution in [1.29, 1.82) is 0 Å². The van der Waals surface area contributed by atoms with E-state index in [1.807, 2.05) is 0 Å². The van der Waals surface area contributed by atoms with Gasteiger partial charge in [0.15, 0.2) is 0 Å². The van der Waals surface area contributed by atoms with E-state index in [4.69, 9.17) is 5.11 Å². The van der Waals surface area contributed by atoms with E-state index in [1.165, 1.54) is 6.07 Å². The minimum absolute atomic E-state index is 0.00958. The average molecular weight is 275 g/mol. The molecule has 0 radical (unpaired) electrons. The number of rotatable bonds is 5. The fourth-order valence-electron chi connectivity index (χ4n) is 1.26. The first-order valence-corrected chi connectivity index (χ1v) is 5.50. The molecular weight excluding hydrogens is 263 g/mol. The Morgan fingerprint density at radius 3 is 2.87 bits per heavy atom. The predicted octanol–water partition coefficient (Wildman–Crippen LogP) is 2.47. The van der Waals surface area contributed by atoms with Crippen molar-refractivity contribution in [2.75, 3.05) is 6.61 Å². The summed E-state index contributed by atoms with van der Waals surface area (Å²) in [5, 5.41) is 8.56. The number of carbonyl (C=O) groups is 1. The molecule has 0 amide bonds. The summed E-state index contributed by atoms with van der Waals surface area (Å²) in [6, 6.07) is 4.63. The van der Waals surface area contributed by atoms with Gasteiger partial charge in [-0.1, -0.05) is 12.1 Å². The van der Waals surface area contributed by atoms with E-state index in [0.29, 0.717) is 22.9 Å². The molecule has 1 rings (SSSR count). The number of hydrogen-bond acceptors (Lipinski definition) is 2. The number of Topliss-reactive ketones (excluding diaryl/α,β-unsaturated/α-hetero) is 1. The van der Waals surface area contributed by atoms with E-state index >= 15 is 0 Å². The largest absolute Gasteiger partial charge is 0.396 e. The highest BCUT2D eigenvalue weighted by Gasteiger charge is 2.09. The van der Waals surface area contributed by atoms with Gasteiger partial charge in [0.1, 0.15) is 11.6 Å². The van der Waals surface area contributed by atoms with E-state index in [-0.39, 0.29) is 24.6 Å². The summed E-state index contributed by atoms with van der Waals surface area (Å²) >= 11 is 3.10. The van der Waals surface area contributed by atoms with Gasteiger partial charge in [-0.3, -0.25) is 4.79 Å². The summed E-state index contributed by atoms with van der Waals surface area (Å²) in [6.45, 7) is 0.00998. The molecule has 0 aliphatic rings. The van der Waals surface area contributed by atoms with Crippen molar-refractivity contribution in [2.45, 2.75) is 19.3 Å². The first kappa shape index (κ1) is 12.3. The van der Waals surface area contributed by atoms with Crippen LogP contribution in [0.25, 0.3) is 0 Å². The number of hydrogen-bond donors (Lipinski definition) is 1. The normalized spacial score (nSPS) is 10.3. The number of aliphatic hydroxyl groups is 1. The zero-order valence-corrected chi connectivity index (χ0v) is 9.76. The summed E-state index contributed by atoms with van der Waals surface area (Å²) in [6.07, 6.45) is 1.00. The van der Waals surface area contributed by atoms with Gasteiger partial charge in [0.25, 0.3) is 0 Å². The lowest BCUT2D eigenvalue weighted by molar-refractivity contribution is -0.118. The fourth-order valence-corrected chi connectivity index (χ4v) is 1.67. The quantitative estimate of drug-likeness (QED) is 0.896. The zero-order chi connectivity index (χ0) is 11.3. The van der Waals surface area contributed by atoms with Gasteiger partial charge in [-0.15, -0.1) is 0 Å². The van der Waals surface area contributed by atoms with Crippen LogP contribution in [0.2, 0.25) is 0 Å². The van der Waals surface area contributed by atoms with E-state index in [0.717, 1.165) is 0 Å². The second-order valence-electron chi connectivity index (χ2n) is 3.26. The summed E-state index contributed by atoms with van der Waals surface area (Å²) in [5.74, 6) is -0.349. The van der Waals surface area contributed by atoms with Crippen LogP contribution in [-0.2, 0) is 11.2 Å². The highest BCUT2D eigenvalue weighted by Crippen LogP contribution is 2.21. The van der Waals surface area contributed by atoms with Gasteiger partial charge in [0, 0.05) is 19.4 Å². The molecule has 2 nitrogen and oxygen atoms in total. The molecule has 4 heteroatoms. The number of halogens is 2. The number of aliphatic hydroxyl groups excluding tert-OH is 1. The zero-order valence-electron chi connectivity index (χ0n) is 8.17. The Kier molecular flexibility index (Phi) is 4.91. The predicted molar refractivity (Wildman–Crippen MR) is 59.1 cm³/mol. The van der Waals surface area contributed by atoms with Gasteiger partial charge in [0.2, 0.25) is 0 Å². The molecule has 1 aromatic carbocycles. The lowest BCUT2D eigenvalue weighted by atomic mass is 10.1. The Balaban J connectivity index is 2.64. The van der Waals surface area contributed by atoms with Gasteiger partial charge >= 0.3 is 0 Å². The molecule has 0 bridgehead atoms. The maximum atomic E-state index is 13.1. The van der Waals surface area contributed by atoms with Crippen LogP contribution in [-0.4, -0.2) is 17.5 Å². The van der Waals surface area contributed by atoms with Crippen LogP contribution in [0.1, 0.15) is 18.4 Å². The Hall–Kier alpha value is -0.740. The first-order chi connectivity index (χ1) is 7.15. The topological polar surface area (TPSA) is 37.3 Å². The molecule has 0 saturated carbocycles. The molecule has 0 aliphatic carbocycles. The smallest absolute Gasteiger partial charge is 0.137 e. The maximum absolute atomic E-state index is 13.1. The molecule has 0 spiro atoms. The number of benzene rings is 1. The van der Waals surface area contributed by atoms with Crippen LogP contribution in [0.3, 0.4) is 0 Å². The summed E-state index contributed by atoms with van der Waals surface area (Å²) in [4.78, 5) is 11.4. The molecule has 0 heterocycles. The van der Waals surface area contributed by atoms with E-state index in [1.54, 1.807) is 12.1 Å². The molecule has 0 fully saturated rings. The van der Waals surface area contributed by atoms with Crippen molar-refractivity contribution >= 4 is 21.7 Å². The first-order valence-electron chi connectivity index (χ1n) is 4.70. The standard InChI is InChI=1S/C11H12BrFO2/c12-11-8(3-1-5-10(11)13)7-9(15)4-2-6-14/h1,3,5,14H,2,4,6-7H2. The average Bonchev–Trinajstić information content (AvgIpc) is 2.22.